The first kappa shape index (κ1) is 17.8. The van der Waals surface area contributed by atoms with E-state index >= 15 is 0 Å². The van der Waals surface area contributed by atoms with Crippen molar-refractivity contribution in [3.63, 3.8) is 0 Å². The lowest BCUT2D eigenvalue weighted by Gasteiger charge is -2.34. The zero-order chi connectivity index (χ0) is 14.0. The highest BCUT2D eigenvalue weighted by Crippen LogP contribution is 2.28. The molecule has 1 unspecified atom stereocenters. The number of rotatable bonds is 11. The molecule has 0 amide bonds. The van der Waals surface area contributed by atoms with Gasteiger partial charge in [0.25, 0.3) is 0 Å². The zero-order valence-electron chi connectivity index (χ0n) is 12.3. The van der Waals surface area contributed by atoms with E-state index in [1.165, 1.54) is 0 Å². The maximum absolute atomic E-state index is 5.92. The second-order valence-corrected chi connectivity index (χ2v) is 10.7. The van der Waals surface area contributed by atoms with Crippen LogP contribution in [0.2, 0.25) is 10.7 Å². The fourth-order valence-corrected chi connectivity index (χ4v) is 8.54. The molecule has 0 fully saturated rings. The molecule has 0 rings (SSSR count). The van der Waals surface area contributed by atoms with Crippen LogP contribution in [0.3, 0.4) is 0 Å². The van der Waals surface area contributed by atoms with Crippen LogP contribution in [-0.4, -0.2) is 38.1 Å². The maximum Gasteiger partial charge on any atom is 0.500 e. The van der Waals surface area contributed by atoms with Gasteiger partial charge in [-0.15, -0.1) is 13.2 Å². The van der Waals surface area contributed by atoms with Crippen LogP contribution in [0.25, 0.3) is 0 Å². The molecular weight excluding hydrogens is 260 g/mol. The summed E-state index contributed by atoms with van der Waals surface area (Å²) in [4.78, 5) is 0. The summed E-state index contributed by atoms with van der Waals surface area (Å²) in [5.41, 5.74) is 0.410. The predicted octanol–water partition coefficient (Wildman–Crippen LogP) is 2.71. The van der Waals surface area contributed by atoms with Crippen LogP contribution in [0.1, 0.15) is 27.7 Å². The van der Waals surface area contributed by atoms with Crippen LogP contribution in [0, 0.1) is 0 Å². The fraction of sp³-hybridized carbons (Fsp3) is 0.692. The van der Waals surface area contributed by atoms with Gasteiger partial charge in [-0.1, -0.05) is 19.1 Å². The van der Waals surface area contributed by atoms with Gasteiger partial charge in [-0.3, -0.25) is 0 Å². The zero-order valence-corrected chi connectivity index (χ0v) is 14.7. The molecule has 0 spiro atoms. The number of hydrogen-bond donors (Lipinski definition) is 0. The first-order chi connectivity index (χ1) is 8.60. The third-order valence-electron chi connectivity index (χ3n) is 2.87. The fourth-order valence-electron chi connectivity index (χ4n) is 2.00. The van der Waals surface area contributed by atoms with Crippen LogP contribution in [0.4, 0.5) is 0 Å². The summed E-state index contributed by atoms with van der Waals surface area (Å²) >= 11 is 0. The molecule has 0 aliphatic heterocycles. The second-order valence-electron chi connectivity index (χ2n) is 4.17. The SMILES string of the molecule is C=CC(C=C)[SiH2]C(C)[Si](OCC)(OCC)OCC. The third-order valence-corrected chi connectivity index (χ3v) is 10.3. The summed E-state index contributed by atoms with van der Waals surface area (Å²) in [6.45, 7) is 17.8. The number of allylic oxidation sites excluding steroid dienone is 2. The van der Waals surface area contributed by atoms with Crippen molar-refractivity contribution in [3.8, 4) is 0 Å². The Balaban J connectivity index is 4.88. The monoisotopic (exact) mass is 288 g/mol. The minimum atomic E-state index is -2.53. The van der Waals surface area contributed by atoms with Gasteiger partial charge < -0.3 is 13.3 Å². The molecule has 0 aromatic heterocycles. The molecule has 0 aromatic rings. The summed E-state index contributed by atoms with van der Waals surface area (Å²) in [5, 5.41) is 0.373. The van der Waals surface area contributed by atoms with Gasteiger partial charge in [0.2, 0.25) is 0 Å². The summed E-state index contributed by atoms with van der Waals surface area (Å²) in [5.74, 6) is 0. The Labute approximate surface area is 115 Å². The van der Waals surface area contributed by atoms with Gasteiger partial charge in [-0.25, -0.2) is 0 Å². The first-order valence-electron chi connectivity index (χ1n) is 6.77. The molecule has 0 radical (unpaired) electrons. The standard InChI is InChI=1S/C13H28O3Si2/c1-7-13(8-2)17-12(6)18(14-9-3,15-10-4)16-11-5/h7-8,12-13H,1-2,9-11,17H2,3-6H3. The van der Waals surface area contributed by atoms with Crippen LogP contribution < -0.4 is 0 Å². The van der Waals surface area contributed by atoms with Crippen LogP contribution >= 0.6 is 0 Å². The van der Waals surface area contributed by atoms with Crippen molar-refractivity contribution in [3.05, 3.63) is 25.3 Å². The van der Waals surface area contributed by atoms with Gasteiger partial charge in [0.15, 0.2) is 0 Å². The molecule has 0 heterocycles. The van der Waals surface area contributed by atoms with E-state index in [2.05, 4.69) is 20.1 Å². The van der Waals surface area contributed by atoms with Crippen molar-refractivity contribution in [2.24, 2.45) is 0 Å². The van der Waals surface area contributed by atoms with E-state index in [0.29, 0.717) is 30.5 Å². The van der Waals surface area contributed by atoms with Crippen molar-refractivity contribution >= 4 is 18.3 Å². The molecular formula is C13H28O3Si2. The highest BCUT2D eigenvalue weighted by molar-refractivity contribution is 6.74. The molecule has 18 heavy (non-hydrogen) atoms. The maximum atomic E-state index is 5.92. The van der Waals surface area contributed by atoms with Gasteiger partial charge >= 0.3 is 8.80 Å². The van der Waals surface area contributed by atoms with Crippen molar-refractivity contribution in [2.75, 3.05) is 19.8 Å². The molecule has 5 heteroatoms. The van der Waals surface area contributed by atoms with Gasteiger partial charge in [0, 0.05) is 34.5 Å². The molecule has 1 atom stereocenters. The van der Waals surface area contributed by atoms with Crippen molar-refractivity contribution in [1.82, 2.24) is 0 Å². The molecule has 0 bridgehead atoms. The Morgan fingerprint density at radius 2 is 1.39 bits per heavy atom. The molecule has 106 valence electrons. The average Bonchev–Trinajstić information content (AvgIpc) is 2.36. The first-order valence-corrected chi connectivity index (χ1v) is 10.2. The van der Waals surface area contributed by atoms with Crippen molar-refractivity contribution < 1.29 is 13.3 Å². The van der Waals surface area contributed by atoms with E-state index in [4.69, 9.17) is 13.3 Å². The average molecular weight is 289 g/mol. The lowest BCUT2D eigenvalue weighted by atomic mass is 10.4. The van der Waals surface area contributed by atoms with Crippen molar-refractivity contribution in [2.45, 2.75) is 38.4 Å². The highest BCUT2D eigenvalue weighted by atomic mass is 28.4. The summed E-state index contributed by atoms with van der Waals surface area (Å²) < 4.78 is 17.8. The van der Waals surface area contributed by atoms with Gasteiger partial charge in [0.1, 0.15) is 0 Å². The van der Waals surface area contributed by atoms with E-state index in [1.54, 1.807) is 0 Å². The normalized spacial score (nSPS) is 14.3. The predicted molar refractivity (Wildman–Crippen MR) is 82.7 cm³/mol. The third kappa shape index (κ3) is 5.20. The Hall–Kier alpha value is -0.206. The minimum absolute atomic E-state index is 0.373. The van der Waals surface area contributed by atoms with E-state index in [0.717, 1.165) is 0 Å². The molecule has 0 aliphatic carbocycles. The number of hydrogen-bond acceptors (Lipinski definition) is 3. The lowest BCUT2D eigenvalue weighted by Crippen LogP contribution is -2.51. The van der Waals surface area contributed by atoms with E-state index < -0.39 is 18.3 Å². The van der Waals surface area contributed by atoms with Crippen LogP contribution in [-0.2, 0) is 13.3 Å². The summed E-state index contributed by atoms with van der Waals surface area (Å²) in [7, 11) is -2.99. The largest absolute Gasteiger partial charge is 0.500 e. The lowest BCUT2D eigenvalue weighted by molar-refractivity contribution is 0.0690. The Morgan fingerprint density at radius 1 is 1.00 bits per heavy atom. The van der Waals surface area contributed by atoms with Gasteiger partial charge in [-0.05, 0) is 26.3 Å². The molecule has 0 aliphatic rings. The summed E-state index contributed by atoms with van der Waals surface area (Å²) in [6, 6.07) is 0. The Morgan fingerprint density at radius 3 is 1.67 bits per heavy atom. The minimum Gasteiger partial charge on any atom is -0.374 e. The molecule has 0 saturated carbocycles. The van der Waals surface area contributed by atoms with Crippen LogP contribution in [0.15, 0.2) is 25.3 Å². The van der Waals surface area contributed by atoms with E-state index in [9.17, 15) is 0 Å². The highest BCUT2D eigenvalue weighted by Gasteiger charge is 2.46. The topological polar surface area (TPSA) is 27.7 Å². The van der Waals surface area contributed by atoms with Gasteiger partial charge in [-0.2, -0.15) is 0 Å². The molecule has 3 nitrogen and oxygen atoms in total. The quantitative estimate of drug-likeness (QED) is 0.432. The van der Waals surface area contributed by atoms with Crippen LogP contribution in [0.5, 0.6) is 0 Å². The van der Waals surface area contributed by atoms with E-state index in [-0.39, 0.29) is 0 Å². The smallest absolute Gasteiger partial charge is 0.374 e. The Bertz CT molecular complexity index is 221. The van der Waals surface area contributed by atoms with Crippen molar-refractivity contribution in [1.29, 1.82) is 0 Å². The van der Waals surface area contributed by atoms with Gasteiger partial charge in [0.05, 0.1) is 0 Å². The Kier molecular flexibility index (Phi) is 9.58. The summed E-state index contributed by atoms with van der Waals surface area (Å²) in [6.07, 6.45) is 3.94. The van der Waals surface area contributed by atoms with E-state index in [1.807, 2.05) is 32.9 Å². The molecule has 0 N–H and O–H groups in total. The second kappa shape index (κ2) is 9.69. The molecule has 0 aromatic carbocycles. The molecule has 0 saturated heterocycles.